The van der Waals surface area contributed by atoms with Gasteiger partial charge in [-0.1, -0.05) is 26.8 Å². The number of nitrogens with zero attached hydrogens (tertiary/aromatic N) is 5. The molecule has 4 rings (SSSR count). The number of aromatic nitrogens is 2. The number of nitrogens with one attached hydrogen (secondary N) is 1. The van der Waals surface area contributed by atoms with Gasteiger partial charge in [0.15, 0.2) is 0 Å². The topological polar surface area (TPSA) is 90.3 Å². The highest BCUT2D eigenvalue weighted by molar-refractivity contribution is 7.89. The molecule has 0 radical (unpaired) electrons. The molecule has 1 saturated heterocycles. The lowest BCUT2D eigenvalue weighted by Crippen LogP contribution is -2.46. The van der Waals surface area contributed by atoms with E-state index in [1.807, 2.05) is 43.4 Å². The van der Waals surface area contributed by atoms with E-state index < -0.39 is 10.0 Å². The molecule has 9 nitrogen and oxygen atoms in total. The zero-order valence-electron chi connectivity index (χ0n) is 20.9. The first kappa shape index (κ1) is 25.2. The first-order valence-corrected chi connectivity index (χ1v) is 13.6. The van der Waals surface area contributed by atoms with E-state index in [-0.39, 0.29) is 16.5 Å². The number of hydrogen-bond donors (Lipinski definition) is 1. The van der Waals surface area contributed by atoms with E-state index in [1.54, 1.807) is 24.4 Å². The number of rotatable bonds is 8. The highest BCUT2D eigenvalue weighted by Crippen LogP contribution is 2.31. The Morgan fingerprint density at radius 1 is 1.06 bits per heavy atom. The van der Waals surface area contributed by atoms with E-state index >= 15 is 0 Å². The highest BCUT2D eigenvalue weighted by Gasteiger charge is 2.26. The molecule has 1 aromatic carbocycles. The Labute approximate surface area is 207 Å². The predicted molar refractivity (Wildman–Crippen MR) is 139 cm³/mol. The summed E-state index contributed by atoms with van der Waals surface area (Å²) in [6.45, 7) is 12.9. The quantitative estimate of drug-likeness (QED) is 0.513. The van der Waals surface area contributed by atoms with Crippen LogP contribution in [-0.2, 0) is 10.0 Å². The molecule has 0 aliphatic carbocycles. The minimum Gasteiger partial charge on any atom is -0.367 e. The summed E-state index contributed by atoms with van der Waals surface area (Å²) in [6, 6.07) is 10.7. The molecule has 0 atom stereocenters. The highest BCUT2D eigenvalue weighted by atomic mass is 32.2. The molecule has 188 valence electrons. The number of aryl methyl sites for hydroxylation is 1. The van der Waals surface area contributed by atoms with Crippen molar-refractivity contribution in [3.63, 3.8) is 0 Å². The second-order valence-corrected chi connectivity index (χ2v) is 10.6. The summed E-state index contributed by atoms with van der Waals surface area (Å²) in [4.78, 5) is 22.5. The van der Waals surface area contributed by atoms with E-state index in [0.717, 1.165) is 44.1 Å². The fourth-order valence-electron chi connectivity index (χ4n) is 4.51. The Hall–Kier alpha value is -2.95. The molecule has 1 N–H and O–H groups in total. The van der Waals surface area contributed by atoms with Gasteiger partial charge in [-0.2, -0.15) is 4.31 Å². The van der Waals surface area contributed by atoms with Gasteiger partial charge in [0.25, 0.3) is 5.91 Å². The Morgan fingerprint density at radius 3 is 2.40 bits per heavy atom. The van der Waals surface area contributed by atoms with Crippen LogP contribution in [0.3, 0.4) is 0 Å². The van der Waals surface area contributed by atoms with Crippen LogP contribution in [0.2, 0.25) is 0 Å². The average Bonchev–Trinajstić information content (AvgIpc) is 3.31. The number of amides is 1. The van der Waals surface area contributed by atoms with Crippen molar-refractivity contribution in [3.8, 4) is 0 Å². The van der Waals surface area contributed by atoms with Crippen LogP contribution in [0.5, 0.6) is 0 Å². The molecule has 0 unspecified atom stereocenters. The van der Waals surface area contributed by atoms with E-state index in [4.69, 9.17) is 0 Å². The second kappa shape index (κ2) is 10.3. The van der Waals surface area contributed by atoms with Crippen LogP contribution >= 0.6 is 0 Å². The molecule has 10 heteroatoms. The van der Waals surface area contributed by atoms with Gasteiger partial charge in [-0.3, -0.25) is 4.79 Å². The number of anilines is 2. The number of benzene rings is 1. The van der Waals surface area contributed by atoms with E-state index in [0.29, 0.717) is 24.4 Å². The van der Waals surface area contributed by atoms with Crippen molar-refractivity contribution in [3.05, 3.63) is 54.0 Å². The van der Waals surface area contributed by atoms with E-state index in [2.05, 4.69) is 27.0 Å². The van der Waals surface area contributed by atoms with Gasteiger partial charge in [0.05, 0.1) is 16.3 Å². The summed E-state index contributed by atoms with van der Waals surface area (Å²) in [5.41, 5.74) is 3.22. The second-order valence-electron chi connectivity index (χ2n) is 8.67. The number of fused-ring (bicyclic) bond motifs is 1. The molecule has 0 bridgehead atoms. The lowest BCUT2D eigenvalue weighted by molar-refractivity contribution is 0.102. The number of sulfonamides is 1. The standard InChI is InChI=1S/C25H34N6O3S/c1-5-28-13-15-29(16-14-28)23-12-11-20(35(33,34)30(6-2)7-3)17-21(23)27-25(32)22-18-31-19(4)9-8-10-24(31)26-22/h8-12,17-18H,5-7,13-16H2,1-4H3,(H,27,32). The third-order valence-electron chi connectivity index (χ3n) is 6.65. The SMILES string of the molecule is CCN1CCN(c2ccc(S(=O)(=O)N(CC)CC)cc2NC(=O)c2cn3c(C)cccc3n2)CC1. The molecular weight excluding hydrogens is 464 g/mol. The lowest BCUT2D eigenvalue weighted by atomic mass is 10.2. The number of likely N-dealkylation sites (N-methyl/N-ethyl adjacent to an activating group) is 1. The van der Waals surface area contributed by atoms with Crippen molar-refractivity contribution in [1.82, 2.24) is 18.6 Å². The number of hydrogen-bond acceptors (Lipinski definition) is 6. The zero-order chi connectivity index (χ0) is 25.2. The molecule has 0 spiro atoms. The fraction of sp³-hybridized carbons (Fsp3) is 0.440. The van der Waals surface area contributed by atoms with Crippen LogP contribution < -0.4 is 10.2 Å². The molecule has 1 fully saturated rings. The smallest absolute Gasteiger partial charge is 0.275 e. The molecule has 3 heterocycles. The van der Waals surface area contributed by atoms with Crippen LogP contribution in [0, 0.1) is 6.92 Å². The van der Waals surface area contributed by atoms with E-state index in [9.17, 15) is 13.2 Å². The normalized spacial score (nSPS) is 15.2. The van der Waals surface area contributed by atoms with Gasteiger partial charge in [-0.25, -0.2) is 13.4 Å². The first-order chi connectivity index (χ1) is 16.8. The Balaban J connectivity index is 1.71. The monoisotopic (exact) mass is 498 g/mol. The van der Waals surface area contributed by atoms with Gasteiger partial charge >= 0.3 is 0 Å². The van der Waals surface area contributed by atoms with Gasteiger partial charge in [0, 0.05) is 51.2 Å². The zero-order valence-corrected chi connectivity index (χ0v) is 21.7. The fourth-order valence-corrected chi connectivity index (χ4v) is 6.00. The maximum Gasteiger partial charge on any atom is 0.275 e. The lowest BCUT2D eigenvalue weighted by Gasteiger charge is -2.36. The van der Waals surface area contributed by atoms with Crippen LogP contribution in [0.4, 0.5) is 11.4 Å². The summed E-state index contributed by atoms with van der Waals surface area (Å²) < 4.78 is 29.7. The Morgan fingerprint density at radius 2 is 1.77 bits per heavy atom. The van der Waals surface area contributed by atoms with Gasteiger partial charge in [0.2, 0.25) is 10.0 Å². The third kappa shape index (κ3) is 5.05. The number of piperazine rings is 1. The van der Waals surface area contributed by atoms with Gasteiger partial charge in [-0.15, -0.1) is 0 Å². The molecule has 0 saturated carbocycles. The van der Waals surface area contributed by atoms with Crippen molar-refractivity contribution in [2.45, 2.75) is 32.6 Å². The molecule has 1 amide bonds. The minimum atomic E-state index is -3.67. The predicted octanol–water partition coefficient (Wildman–Crippen LogP) is 3.07. The van der Waals surface area contributed by atoms with Crippen LogP contribution in [0.15, 0.2) is 47.5 Å². The van der Waals surface area contributed by atoms with Crippen molar-refractivity contribution >= 4 is 33.0 Å². The van der Waals surface area contributed by atoms with Gasteiger partial charge < -0.3 is 19.5 Å². The molecule has 35 heavy (non-hydrogen) atoms. The number of carbonyl (C=O) groups excluding carboxylic acids is 1. The van der Waals surface area contributed by atoms with Crippen molar-refractivity contribution < 1.29 is 13.2 Å². The van der Waals surface area contributed by atoms with Crippen molar-refractivity contribution in [1.29, 1.82) is 0 Å². The number of imidazole rings is 1. The van der Waals surface area contributed by atoms with Crippen LogP contribution in [0.25, 0.3) is 5.65 Å². The summed E-state index contributed by atoms with van der Waals surface area (Å²) in [6.07, 6.45) is 1.70. The molecule has 1 aliphatic rings. The van der Waals surface area contributed by atoms with Crippen molar-refractivity contribution in [2.75, 3.05) is 56.0 Å². The maximum atomic E-state index is 13.3. The molecular formula is C25H34N6O3S. The first-order valence-electron chi connectivity index (χ1n) is 12.2. The summed E-state index contributed by atoms with van der Waals surface area (Å²) in [5, 5.41) is 2.96. The number of carbonyl (C=O) groups is 1. The maximum absolute atomic E-state index is 13.3. The largest absolute Gasteiger partial charge is 0.367 e. The van der Waals surface area contributed by atoms with Crippen LogP contribution in [0.1, 0.15) is 37.0 Å². The Bertz CT molecular complexity index is 1310. The van der Waals surface area contributed by atoms with Gasteiger partial charge in [0.1, 0.15) is 11.3 Å². The summed E-state index contributed by atoms with van der Waals surface area (Å²) >= 11 is 0. The minimum absolute atomic E-state index is 0.165. The van der Waals surface area contributed by atoms with Crippen molar-refractivity contribution in [2.24, 2.45) is 0 Å². The summed E-state index contributed by atoms with van der Waals surface area (Å²) in [7, 11) is -3.67. The average molecular weight is 499 g/mol. The molecule has 3 aromatic rings. The number of pyridine rings is 1. The van der Waals surface area contributed by atoms with Gasteiger partial charge in [-0.05, 0) is 43.8 Å². The van der Waals surface area contributed by atoms with Crippen LogP contribution in [-0.4, -0.2) is 78.7 Å². The third-order valence-corrected chi connectivity index (χ3v) is 8.69. The van der Waals surface area contributed by atoms with E-state index in [1.165, 1.54) is 4.31 Å². The molecule has 1 aliphatic heterocycles. The Kier molecular flexibility index (Phi) is 7.44. The summed E-state index contributed by atoms with van der Waals surface area (Å²) in [5.74, 6) is -0.376. The molecule has 2 aromatic heterocycles.